The Hall–Kier alpha value is -3.22. The molecule has 2 amide bonds. The highest BCUT2D eigenvalue weighted by Gasteiger charge is 2.14. The first-order valence-corrected chi connectivity index (χ1v) is 7.76. The van der Waals surface area contributed by atoms with E-state index >= 15 is 0 Å². The topological polar surface area (TPSA) is 101 Å². The zero-order valence-corrected chi connectivity index (χ0v) is 14.0. The van der Waals surface area contributed by atoms with Crippen LogP contribution in [0, 0.1) is 17.0 Å². The lowest BCUT2D eigenvalue weighted by Crippen LogP contribution is -2.38. The summed E-state index contributed by atoms with van der Waals surface area (Å²) in [5, 5.41) is 16.0. The number of nitrogens with one attached hydrogen (secondary N) is 2. The number of amides is 2. The maximum absolute atomic E-state index is 12.0. The van der Waals surface area contributed by atoms with E-state index < -0.39 is 10.8 Å². The van der Waals surface area contributed by atoms with Crippen LogP contribution in [0.3, 0.4) is 0 Å². The van der Waals surface area contributed by atoms with Gasteiger partial charge in [0.05, 0.1) is 17.5 Å². The summed E-state index contributed by atoms with van der Waals surface area (Å²) < 4.78 is 0. The third kappa shape index (κ3) is 4.87. The number of benzene rings is 2. The quantitative estimate of drug-likeness (QED) is 0.622. The van der Waals surface area contributed by atoms with Gasteiger partial charge in [0.1, 0.15) is 0 Å². The van der Waals surface area contributed by atoms with Crippen molar-refractivity contribution in [1.29, 1.82) is 0 Å². The van der Waals surface area contributed by atoms with Crippen LogP contribution in [-0.4, -0.2) is 23.3 Å². The summed E-state index contributed by atoms with van der Waals surface area (Å²) in [4.78, 5) is 34.2. The van der Waals surface area contributed by atoms with Crippen molar-refractivity contribution in [3.63, 3.8) is 0 Å². The van der Waals surface area contributed by atoms with E-state index in [1.54, 1.807) is 0 Å². The fraction of sp³-hybridized carbons (Fsp3) is 0.222. The van der Waals surface area contributed by atoms with Crippen LogP contribution >= 0.6 is 0 Å². The molecule has 25 heavy (non-hydrogen) atoms. The number of nitro benzene ring substituents is 1. The predicted molar refractivity (Wildman–Crippen MR) is 93.2 cm³/mol. The fourth-order valence-electron chi connectivity index (χ4n) is 2.47. The fourth-order valence-corrected chi connectivity index (χ4v) is 2.47. The number of carbonyl (C=O) groups is 2. The average Bonchev–Trinajstić information content (AvgIpc) is 2.60. The highest BCUT2D eigenvalue weighted by Crippen LogP contribution is 2.16. The van der Waals surface area contributed by atoms with Crippen LogP contribution in [0.15, 0.2) is 48.5 Å². The van der Waals surface area contributed by atoms with E-state index in [9.17, 15) is 19.7 Å². The summed E-state index contributed by atoms with van der Waals surface area (Å²) in [5.74, 6) is -0.878. The van der Waals surface area contributed by atoms with Crippen molar-refractivity contribution >= 4 is 17.5 Å². The molecule has 2 rings (SSSR count). The van der Waals surface area contributed by atoms with Gasteiger partial charge in [-0.15, -0.1) is 0 Å². The van der Waals surface area contributed by atoms with Crippen molar-refractivity contribution in [2.45, 2.75) is 19.9 Å². The molecule has 2 aromatic rings. The van der Waals surface area contributed by atoms with Crippen LogP contribution in [0.4, 0.5) is 5.69 Å². The second-order valence-electron chi connectivity index (χ2n) is 5.64. The maximum atomic E-state index is 12.0. The number of carbonyl (C=O) groups excluding carboxylic acids is 2. The summed E-state index contributed by atoms with van der Waals surface area (Å²) in [6, 6.07) is 12.9. The monoisotopic (exact) mass is 341 g/mol. The SMILES string of the molecule is Cc1ccccc1C(C)NC(=O)CNC(=O)c1cccc([N+](=O)[O-])c1. The van der Waals surface area contributed by atoms with Gasteiger partial charge < -0.3 is 10.6 Å². The molecule has 2 aromatic carbocycles. The minimum atomic E-state index is -0.576. The molecule has 0 heterocycles. The van der Waals surface area contributed by atoms with E-state index in [1.165, 1.54) is 24.3 Å². The molecule has 1 unspecified atom stereocenters. The smallest absolute Gasteiger partial charge is 0.270 e. The Kier molecular flexibility index (Phi) is 5.84. The van der Waals surface area contributed by atoms with Gasteiger partial charge in [-0.3, -0.25) is 19.7 Å². The second kappa shape index (κ2) is 8.05. The van der Waals surface area contributed by atoms with Crippen LogP contribution in [0.1, 0.15) is 34.5 Å². The first kappa shape index (κ1) is 18.1. The second-order valence-corrected chi connectivity index (χ2v) is 5.64. The van der Waals surface area contributed by atoms with Crippen LogP contribution in [-0.2, 0) is 4.79 Å². The lowest BCUT2D eigenvalue weighted by molar-refractivity contribution is -0.384. The molecule has 7 heteroatoms. The zero-order chi connectivity index (χ0) is 18.4. The van der Waals surface area contributed by atoms with Crippen molar-refractivity contribution in [3.8, 4) is 0 Å². The summed E-state index contributed by atoms with van der Waals surface area (Å²) in [6.45, 7) is 3.61. The largest absolute Gasteiger partial charge is 0.348 e. The Morgan fingerprint density at radius 1 is 1.16 bits per heavy atom. The number of hydrogen-bond acceptors (Lipinski definition) is 4. The van der Waals surface area contributed by atoms with E-state index in [-0.39, 0.29) is 29.7 Å². The first-order chi connectivity index (χ1) is 11.9. The number of nitro groups is 1. The Labute approximate surface area is 145 Å². The zero-order valence-electron chi connectivity index (χ0n) is 14.0. The van der Waals surface area contributed by atoms with Crippen LogP contribution in [0.2, 0.25) is 0 Å². The molecule has 0 bridgehead atoms. The number of non-ortho nitro benzene ring substituents is 1. The van der Waals surface area contributed by atoms with E-state index in [0.29, 0.717) is 0 Å². The molecular weight excluding hydrogens is 322 g/mol. The molecule has 0 radical (unpaired) electrons. The highest BCUT2D eigenvalue weighted by molar-refractivity contribution is 5.97. The minimum Gasteiger partial charge on any atom is -0.348 e. The van der Waals surface area contributed by atoms with Gasteiger partial charge in [0.2, 0.25) is 5.91 Å². The molecule has 0 saturated heterocycles. The van der Waals surface area contributed by atoms with Gasteiger partial charge in [-0.05, 0) is 31.0 Å². The summed E-state index contributed by atoms with van der Waals surface area (Å²) in [5.41, 5.74) is 2.02. The van der Waals surface area contributed by atoms with E-state index in [1.807, 2.05) is 38.1 Å². The summed E-state index contributed by atoms with van der Waals surface area (Å²) in [6.07, 6.45) is 0. The molecule has 0 spiro atoms. The number of aryl methyl sites for hydroxylation is 1. The van der Waals surface area contributed by atoms with Crippen LogP contribution in [0.5, 0.6) is 0 Å². The molecule has 2 N–H and O–H groups in total. The molecule has 0 aliphatic rings. The van der Waals surface area contributed by atoms with E-state index in [2.05, 4.69) is 10.6 Å². The van der Waals surface area contributed by atoms with Gasteiger partial charge in [-0.25, -0.2) is 0 Å². The normalized spacial score (nSPS) is 11.4. The van der Waals surface area contributed by atoms with Crippen molar-refractivity contribution < 1.29 is 14.5 Å². The highest BCUT2D eigenvalue weighted by atomic mass is 16.6. The van der Waals surface area contributed by atoms with Crippen molar-refractivity contribution in [2.75, 3.05) is 6.54 Å². The number of hydrogen-bond donors (Lipinski definition) is 2. The lowest BCUT2D eigenvalue weighted by Gasteiger charge is -2.16. The van der Waals surface area contributed by atoms with Gasteiger partial charge in [0.25, 0.3) is 11.6 Å². The standard InChI is InChI=1S/C18H19N3O4/c1-12-6-3-4-9-16(12)13(2)20-17(22)11-19-18(23)14-7-5-8-15(10-14)21(24)25/h3-10,13H,11H2,1-2H3,(H,19,23)(H,20,22). The van der Waals surface area contributed by atoms with Gasteiger partial charge >= 0.3 is 0 Å². The molecule has 0 aliphatic heterocycles. The minimum absolute atomic E-state index is 0.133. The first-order valence-electron chi connectivity index (χ1n) is 7.76. The maximum Gasteiger partial charge on any atom is 0.270 e. The number of nitrogens with zero attached hydrogens (tertiary/aromatic N) is 1. The molecule has 0 fully saturated rings. The third-order valence-corrected chi connectivity index (χ3v) is 3.76. The molecule has 1 atom stereocenters. The molecule has 0 saturated carbocycles. The summed E-state index contributed by atoms with van der Waals surface area (Å²) >= 11 is 0. The predicted octanol–water partition coefficient (Wildman–Crippen LogP) is 2.51. The van der Waals surface area contributed by atoms with Crippen LogP contribution < -0.4 is 10.6 Å². The molecule has 0 aromatic heterocycles. The molecule has 7 nitrogen and oxygen atoms in total. The van der Waals surface area contributed by atoms with Crippen molar-refractivity contribution in [3.05, 3.63) is 75.3 Å². The van der Waals surface area contributed by atoms with Crippen molar-refractivity contribution in [2.24, 2.45) is 0 Å². The molecule has 0 aliphatic carbocycles. The Morgan fingerprint density at radius 3 is 2.56 bits per heavy atom. The number of rotatable bonds is 6. The Morgan fingerprint density at radius 2 is 1.88 bits per heavy atom. The average molecular weight is 341 g/mol. The molecule has 130 valence electrons. The molecular formula is C18H19N3O4. The Bertz CT molecular complexity index is 804. The van der Waals surface area contributed by atoms with E-state index in [0.717, 1.165) is 11.1 Å². The van der Waals surface area contributed by atoms with E-state index in [4.69, 9.17) is 0 Å². The van der Waals surface area contributed by atoms with Crippen LogP contribution in [0.25, 0.3) is 0 Å². The lowest BCUT2D eigenvalue weighted by atomic mass is 10.0. The van der Waals surface area contributed by atoms with Gasteiger partial charge in [-0.1, -0.05) is 30.3 Å². The van der Waals surface area contributed by atoms with Gasteiger partial charge in [0, 0.05) is 17.7 Å². The van der Waals surface area contributed by atoms with Gasteiger partial charge in [-0.2, -0.15) is 0 Å². The van der Waals surface area contributed by atoms with Crippen molar-refractivity contribution in [1.82, 2.24) is 10.6 Å². The third-order valence-electron chi connectivity index (χ3n) is 3.76. The summed E-state index contributed by atoms with van der Waals surface area (Å²) in [7, 11) is 0. The van der Waals surface area contributed by atoms with Gasteiger partial charge in [0.15, 0.2) is 0 Å². The Balaban J connectivity index is 1.91.